The van der Waals surface area contributed by atoms with E-state index in [2.05, 4.69) is 15.3 Å². The lowest BCUT2D eigenvalue weighted by molar-refractivity contribution is 0.0700. The minimum Gasteiger partial charge on any atom is -0.487 e. The summed E-state index contributed by atoms with van der Waals surface area (Å²) in [4.78, 5) is 32.0. The average molecular weight is 364 g/mol. The minimum atomic E-state index is -0.774. The zero-order chi connectivity index (χ0) is 19.1. The summed E-state index contributed by atoms with van der Waals surface area (Å²) in [6.07, 6.45) is 0. The van der Waals surface area contributed by atoms with Crippen molar-refractivity contribution < 1.29 is 19.5 Å². The first-order valence-electron chi connectivity index (χ1n) is 8.02. The normalized spacial score (nSPS) is 10.1. The molecule has 1 aromatic carbocycles. The van der Waals surface area contributed by atoms with Gasteiger partial charge in [-0.25, -0.2) is 15.4 Å². The quantitative estimate of drug-likeness (QED) is 0.457. The fraction of sp³-hybridized carbons (Fsp3) is 0.0526. The van der Waals surface area contributed by atoms with Crippen LogP contribution in [0.2, 0.25) is 0 Å². The van der Waals surface area contributed by atoms with E-state index >= 15 is 0 Å². The summed E-state index contributed by atoms with van der Waals surface area (Å²) < 4.78 is 5.62. The maximum absolute atomic E-state index is 12.4. The van der Waals surface area contributed by atoms with Crippen LogP contribution in [-0.4, -0.2) is 27.0 Å². The minimum absolute atomic E-state index is 0.0340. The number of benzene rings is 1. The monoisotopic (exact) mass is 364 g/mol. The van der Waals surface area contributed by atoms with Crippen LogP contribution in [0.4, 0.5) is 5.82 Å². The Hall–Kier alpha value is -3.78. The molecule has 8 nitrogen and oxygen atoms in total. The number of hydroxylamine groups is 1. The van der Waals surface area contributed by atoms with Crippen LogP contribution in [0, 0.1) is 0 Å². The molecule has 0 atom stereocenters. The van der Waals surface area contributed by atoms with Crippen molar-refractivity contribution in [2.24, 2.45) is 0 Å². The fourth-order valence-electron chi connectivity index (χ4n) is 2.23. The van der Waals surface area contributed by atoms with Crippen molar-refractivity contribution in [3.8, 4) is 5.75 Å². The number of carbonyl (C=O) groups is 2. The summed E-state index contributed by atoms with van der Waals surface area (Å²) in [6, 6.07) is 18.8. The summed E-state index contributed by atoms with van der Waals surface area (Å²) >= 11 is 0. The number of rotatable bonds is 6. The molecule has 2 amide bonds. The van der Waals surface area contributed by atoms with Gasteiger partial charge in [0, 0.05) is 0 Å². The summed E-state index contributed by atoms with van der Waals surface area (Å²) in [6.45, 7) is 0.218. The van der Waals surface area contributed by atoms with E-state index in [1.54, 1.807) is 18.2 Å². The van der Waals surface area contributed by atoms with Crippen LogP contribution in [0.1, 0.15) is 26.7 Å². The summed E-state index contributed by atoms with van der Waals surface area (Å²) in [7, 11) is 0. The molecule has 0 saturated heterocycles. The van der Waals surface area contributed by atoms with Crippen molar-refractivity contribution in [1.82, 2.24) is 15.4 Å². The summed E-state index contributed by atoms with van der Waals surface area (Å²) in [5.41, 5.74) is 2.23. The molecule has 8 heteroatoms. The highest BCUT2D eigenvalue weighted by atomic mass is 16.5. The summed E-state index contributed by atoms with van der Waals surface area (Å²) in [5.74, 6) is -0.388. The van der Waals surface area contributed by atoms with Crippen LogP contribution < -0.4 is 15.5 Å². The Bertz CT molecular complexity index is 947. The zero-order valence-corrected chi connectivity index (χ0v) is 14.1. The SMILES string of the molecule is O=C(NO)c1cccc(NC(=O)c2cccc(COc3ccccc3)n2)n1. The van der Waals surface area contributed by atoms with Gasteiger partial charge in [0.2, 0.25) is 0 Å². The zero-order valence-electron chi connectivity index (χ0n) is 14.1. The summed E-state index contributed by atoms with van der Waals surface area (Å²) in [5, 5.41) is 11.2. The molecule has 0 aliphatic carbocycles. The molecule has 0 radical (unpaired) electrons. The van der Waals surface area contributed by atoms with Gasteiger partial charge in [0.15, 0.2) is 0 Å². The lowest BCUT2D eigenvalue weighted by atomic mass is 10.3. The Balaban J connectivity index is 1.67. The second-order valence-electron chi connectivity index (χ2n) is 5.42. The molecule has 0 aliphatic heterocycles. The molecule has 0 aliphatic rings. The molecule has 0 saturated carbocycles. The fourth-order valence-corrected chi connectivity index (χ4v) is 2.23. The highest BCUT2D eigenvalue weighted by Gasteiger charge is 2.12. The second kappa shape index (κ2) is 8.54. The maximum Gasteiger partial charge on any atom is 0.293 e. The van der Waals surface area contributed by atoms with Gasteiger partial charge in [0.05, 0.1) is 5.69 Å². The third-order valence-corrected chi connectivity index (χ3v) is 3.49. The molecule has 2 aromatic heterocycles. The van der Waals surface area contributed by atoms with Gasteiger partial charge in [0.25, 0.3) is 11.8 Å². The van der Waals surface area contributed by atoms with Crippen molar-refractivity contribution in [2.75, 3.05) is 5.32 Å². The number of hydrogen-bond donors (Lipinski definition) is 3. The smallest absolute Gasteiger partial charge is 0.293 e. The lowest BCUT2D eigenvalue weighted by Gasteiger charge is -2.08. The molecule has 3 N–H and O–H groups in total. The number of nitrogens with zero attached hydrogens (tertiary/aromatic N) is 2. The first kappa shape index (κ1) is 18.0. The lowest BCUT2D eigenvalue weighted by Crippen LogP contribution is -2.21. The van der Waals surface area contributed by atoms with E-state index in [-0.39, 0.29) is 23.8 Å². The third kappa shape index (κ3) is 4.86. The van der Waals surface area contributed by atoms with Gasteiger partial charge >= 0.3 is 0 Å². The van der Waals surface area contributed by atoms with Crippen LogP contribution >= 0.6 is 0 Å². The van der Waals surface area contributed by atoms with Crippen LogP contribution in [0.5, 0.6) is 5.75 Å². The Labute approximate surface area is 154 Å². The molecule has 0 unspecified atom stereocenters. The number of pyridine rings is 2. The maximum atomic E-state index is 12.4. The van der Waals surface area contributed by atoms with E-state index in [4.69, 9.17) is 9.94 Å². The van der Waals surface area contributed by atoms with Gasteiger partial charge in [-0.15, -0.1) is 0 Å². The van der Waals surface area contributed by atoms with Gasteiger partial charge in [0.1, 0.15) is 29.6 Å². The van der Waals surface area contributed by atoms with E-state index in [0.717, 1.165) is 0 Å². The van der Waals surface area contributed by atoms with E-state index in [9.17, 15) is 9.59 Å². The van der Waals surface area contributed by atoms with Crippen molar-refractivity contribution in [1.29, 1.82) is 0 Å². The number of para-hydroxylation sites is 1. The second-order valence-corrected chi connectivity index (χ2v) is 5.42. The molecule has 27 heavy (non-hydrogen) atoms. The van der Waals surface area contributed by atoms with E-state index in [1.807, 2.05) is 30.3 Å². The van der Waals surface area contributed by atoms with Crippen LogP contribution in [0.3, 0.4) is 0 Å². The third-order valence-electron chi connectivity index (χ3n) is 3.49. The molecule has 0 spiro atoms. The van der Waals surface area contributed by atoms with Crippen molar-refractivity contribution in [2.45, 2.75) is 6.61 Å². The first-order chi connectivity index (χ1) is 13.2. The van der Waals surface area contributed by atoms with Gasteiger partial charge in [-0.2, -0.15) is 0 Å². The van der Waals surface area contributed by atoms with E-state index in [1.165, 1.54) is 23.7 Å². The van der Waals surface area contributed by atoms with Crippen molar-refractivity contribution in [3.63, 3.8) is 0 Å². The predicted octanol–water partition coefficient (Wildman–Crippen LogP) is 2.43. The Morgan fingerprint density at radius 3 is 2.30 bits per heavy atom. The molecular weight excluding hydrogens is 348 g/mol. The molecule has 136 valence electrons. The van der Waals surface area contributed by atoms with Gasteiger partial charge < -0.3 is 10.1 Å². The Kier molecular flexibility index (Phi) is 5.70. The number of anilines is 1. The number of hydrogen-bond acceptors (Lipinski definition) is 6. The largest absolute Gasteiger partial charge is 0.487 e. The van der Waals surface area contributed by atoms with E-state index < -0.39 is 11.8 Å². The topological polar surface area (TPSA) is 113 Å². The average Bonchev–Trinajstić information content (AvgIpc) is 2.73. The Morgan fingerprint density at radius 2 is 1.56 bits per heavy atom. The number of carbonyl (C=O) groups excluding carboxylic acids is 2. The highest BCUT2D eigenvalue weighted by molar-refractivity contribution is 6.02. The van der Waals surface area contributed by atoms with Crippen LogP contribution in [0.25, 0.3) is 0 Å². The predicted molar refractivity (Wildman–Crippen MR) is 96.5 cm³/mol. The molecule has 3 rings (SSSR count). The van der Waals surface area contributed by atoms with Gasteiger partial charge in [-0.05, 0) is 36.4 Å². The van der Waals surface area contributed by atoms with Crippen LogP contribution in [-0.2, 0) is 6.61 Å². The first-order valence-corrected chi connectivity index (χ1v) is 8.02. The number of aromatic nitrogens is 2. The van der Waals surface area contributed by atoms with Gasteiger partial charge in [-0.3, -0.25) is 14.8 Å². The van der Waals surface area contributed by atoms with E-state index in [0.29, 0.717) is 11.4 Å². The van der Waals surface area contributed by atoms with Crippen LogP contribution in [0.15, 0.2) is 66.7 Å². The Morgan fingerprint density at radius 1 is 0.852 bits per heavy atom. The highest BCUT2D eigenvalue weighted by Crippen LogP contribution is 2.12. The molecule has 3 aromatic rings. The molecular formula is C19H16N4O4. The molecule has 2 heterocycles. The number of nitrogens with one attached hydrogen (secondary N) is 2. The number of ether oxygens (including phenoxy) is 1. The van der Waals surface area contributed by atoms with Crippen molar-refractivity contribution in [3.05, 3.63) is 83.8 Å². The standard InChI is InChI=1S/C19H16N4O4/c24-18(22-17-11-5-10-16(21-17)19(25)23-26)15-9-4-6-13(20-15)12-27-14-7-2-1-3-8-14/h1-11,26H,12H2,(H,23,25)(H,21,22,24). The molecule has 0 bridgehead atoms. The van der Waals surface area contributed by atoms with Gasteiger partial charge in [-0.1, -0.05) is 30.3 Å². The molecule has 0 fully saturated rings. The van der Waals surface area contributed by atoms with Crippen molar-refractivity contribution >= 4 is 17.6 Å². The number of amides is 2.